The molecule has 6 nitrogen and oxygen atoms in total. The van der Waals surface area contributed by atoms with Gasteiger partial charge in [0.25, 0.3) is 0 Å². The maximum absolute atomic E-state index is 12.2. The molecular weight excluding hydrogens is 292 g/mol. The smallest absolute Gasteiger partial charge is 0.317 e. The van der Waals surface area contributed by atoms with E-state index in [4.69, 9.17) is 4.74 Å². The molecule has 2 aliphatic rings. The third-order valence-corrected chi connectivity index (χ3v) is 7.18. The van der Waals surface area contributed by atoms with E-state index in [-0.39, 0.29) is 30.5 Å². The molecule has 0 bridgehead atoms. The minimum Gasteiger partial charge on any atom is -0.378 e. The van der Waals surface area contributed by atoms with Gasteiger partial charge in [-0.3, -0.25) is 0 Å². The van der Waals surface area contributed by atoms with Crippen molar-refractivity contribution >= 4 is 15.9 Å². The van der Waals surface area contributed by atoms with Crippen molar-refractivity contribution in [3.05, 3.63) is 0 Å². The lowest BCUT2D eigenvalue weighted by atomic mass is 9.89. The highest BCUT2D eigenvalue weighted by molar-refractivity contribution is 7.92. The third kappa shape index (κ3) is 3.69. The zero-order valence-electron chi connectivity index (χ0n) is 13.1. The van der Waals surface area contributed by atoms with Gasteiger partial charge < -0.3 is 15.0 Å². The van der Waals surface area contributed by atoms with Crippen molar-refractivity contribution in [2.75, 3.05) is 25.4 Å². The van der Waals surface area contributed by atoms with Crippen LogP contribution in [0.4, 0.5) is 4.79 Å². The Hall–Kier alpha value is -0.820. The lowest BCUT2D eigenvalue weighted by Crippen LogP contribution is -2.52. The maximum Gasteiger partial charge on any atom is 0.317 e. The first-order valence-corrected chi connectivity index (χ1v) is 9.30. The van der Waals surface area contributed by atoms with Crippen LogP contribution in [-0.2, 0) is 14.6 Å². The summed E-state index contributed by atoms with van der Waals surface area (Å²) in [7, 11) is -3.14. The van der Waals surface area contributed by atoms with Crippen molar-refractivity contribution < 1.29 is 17.9 Å². The lowest BCUT2D eigenvalue weighted by Gasteiger charge is -2.36. The number of urea groups is 1. The molecule has 21 heavy (non-hydrogen) atoms. The summed E-state index contributed by atoms with van der Waals surface area (Å²) in [6.45, 7) is 6.90. The quantitative estimate of drug-likeness (QED) is 0.847. The average Bonchev–Trinajstić information content (AvgIpc) is 2.45. The molecule has 1 saturated carbocycles. The summed E-state index contributed by atoms with van der Waals surface area (Å²) < 4.78 is 29.0. The highest BCUT2D eigenvalue weighted by Crippen LogP contribution is 2.26. The van der Waals surface area contributed by atoms with Crippen LogP contribution in [0.3, 0.4) is 0 Å². The van der Waals surface area contributed by atoms with Gasteiger partial charge in [-0.25, -0.2) is 13.2 Å². The predicted molar refractivity (Wildman–Crippen MR) is 81.0 cm³/mol. The van der Waals surface area contributed by atoms with E-state index in [1.807, 2.05) is 6.92 Å². The van der Waals surface area contributed by atoms with Crippen LogP contribution in [-0.4, -0.2) is 61.7 Å². The standard InChI is InChI=1S/C14H26N2O4S/c1-4-20-12-9-11(10-12)15-13(17)16-6-5-14(2,3)21(18,19)8-7-16/h11-12H,4-10H2,1-3H3,(H,15,17). The van der Waals surface area contributed by atoms with Gasteiger partial charge in [0.05, 0.1) is 16.6 Å². The van der Waals surface area contributed by atoms with Gasteiger partial charge in [-0.2, -0.15) is 0 Å². The summed E-state index contributed by atoms with van der Waals surface area (Å²) >= 11 is 0. The topological polar surface area (TPSA) is 75.7 Å². The number of amides is 2. The first kappa shape index (κ1) is 16.5. The highest BCUT2D eigenvalue weighted by Gasteiger charge is 2.39. The zero-order valence-corrected chi connectivity index (χ0v) is 13.9. The molecule has 1 N–H and O–H groups in total. The molecule has 0 aromatic heterocycles. The number of carbonyl (C=O) groups excluding carboxylic acids is 1. The van der Waals surface area contributed by atoms with E-state index in [1.54, 1.807) is 18.7 Å². The number of hydrogen-bond acceptors (Lipinski definition) is 4. The second kappa shape index (κ2) is 6.12. The largest absolute Gasteiger partial charge is 0.378 e. The van der Waals surface area contributed by atoms with Crippen molar-refractivity contribution in [1.29, 1.82) is 0 Å². The molecule has 0 radical (unpaired) electrons. The van der Waals surface area contributed by atoms with Crippen molar-refractivity contribution in [3.63, 3.8) is 0 Å². The summed E-state index contributed by atoms with van der Waals surface area (Å²) in [4.78, 5) is 13.8. The second-order valence-corrected chi connectivity index (χ2v) is 9.25. The Morgan fingerprint density at radius 3 is 2.62 bits per heavy atom. The predicted octanol–water partition coefficient (Wildman–Crippen LogP) is 1.16. The second-order valence-electron chi connectivity index (χ2n) is 6.51. The van der Waals surface area contributed by atoms with Gasteiger partial charge >= 0.3 is 6.03 Å². The molecule has 122 valence electrons. The molecule has 0 aromatic carbocycles. The number of nitrogens with one attached hydrogen (secondary N) is 1. The number of nitrogens with zero attached hydrogens (tertiary/aromatic N) is 1. The van der Waals surface area contributed by atoms with Crippen LogP contribution in [0.1, 0.15) is 40.0 Å². The van der Waals surface area contributed by atoms with Gasteiger partial charge in [-0.15, -0.1) is 0 Å². The molecule has 2 rings (SSSR count). The fourth-order valence-electron chi connectivity index (χ4n) is 2.70. The van der Waals surface area contributed by atoms with Crippen LogP contribution in [0, 0.1) is 0 Å². The molecule has 0 spiro atoms. The highest BCUT2D eigenvalue weighted by atomic mass is 32.2. The van der Waals surface area contributed by atoms with Gasteiger partial charge in [-0.05, 0) is 40.0 Å². The van der Waals surface area contributed by atoms with E-state index in [2.05, 4.69) is 5.32 Å². The molecule has 2 amide bonds. The van der Waals surface area contributed by atoms with Crippen molar-refractivity contribution in [3.8, 4) is 0 Å². The fourth-order valence-corrected chi connectivity index (χ4v) is 4.12. The number of rotatable bonds is 3. The van der Waals surface area contributed by atoms with Gasteiger partial charge in [0.15, 0.2) is 9.84 Å². The van der Waals surface area contributed by atoms with Crippen molar-refractivity contribution in [2.45, 2.75) is 56.9 Å². The molecule has 7 heteroatoms. The Morgan fingerprint density at radius 2 is 2.00 bits per heavy atom. The number of hydrogen-bond donors (Lipinski definition) is 1. The van der Waals surface area contributed by atoms with Crippen molar-refractivity contribution in [2.24, 2.45) is 0 Å². The summed E-state index contributed by atoms with van der Waals surface area (Å²) in [6.07, 6.45) is 2.42. The minimum absolute atomic E-state index is 0.0413. The average molecular weight is 318 g/mol. The molecule has 2 fully saturated rings. The van der Waals surface area contributed by atoms with Crippen LogP contribution in [0.25, 0.3) is 0 Å². The molecular formula is C14H26N2O4S. The summed E-state index contributed by atoms with van der Waals surface area (Å²) in [5.41, 5.74) is 0. The van der Waals surface area contributed by atoms with Crippen LogP contribution in [0.15, 0.2) is 0 Å². The van der Waals surface area contributed by atoms with E-state index < -0.39 is 14.6 Å². The third-order valence-electron chi connectivity index (χ3n) is 4.57. The number of ether oxygens (including phenoxy) is 1. The van der Waals surface area contributed by atoms with E-state index >= 15 is 0 Å². The monoisotopic (exact) mass is 318 g/mol. The van der Waals surface area contributed by atoms with E-state index in [0.29, 0.717) is 19.6 Å². The molecule has 1 aliphatic heterocycles. The van der Waals surface area contributed by atoms with Crippen LogP contribution >= 0.6 is 0 Å². The van der Waals surface area contributed by atoms with Gasteiger partial charge in [-0.1, -0.05) is 0 Å². The fraction of sp³-hybridized carbons (Fsp3) is 0.929. The SMILES string of the molecule is CCOC1CC(NC(=O)N2CCC(C)(C)S(=O)(=O)CC2)C1. The maximum atomic E-state index is 12.2. The Bertz CT molecular complexity index is 483. The van der Waals surface area contributed by atoms with Crippen LogP contribution in [0.2, 0.25) is 0 Å². The summed E-state index contributed by atoms with van der Waals surface area (Å²) in [6, 6.07) is 0.00442. The van der Waals surface area contributed by atoms with Crippen LogP contribution < -0.4 is 5.32 Å². The molecule has 0 aromatic rings. The lowest BCUT2D eigenvalue weighted by molar-refractivity contribution is -0.00802. The van der Waals surface area contributed by atoms with E-state index in [1.165, 1.54) is 0 Å². The summed E-state index contributed by atoms with van der Waals surface area (Å²) in [5.74, 6) is 0.0413. The molecule has 1 saturated heterocycles. The molecule has 1 aliphatic carbocycles. The molecule has 1 heterocycles. The normalized spacial score (nSPS) is 31.1. The molecule has 0 unspecified atom stereocenters. The first-order chi connectivity index (χ1) is 9.75. The minimum atomic E-state index is -3.14. The van der Waals surface area contributed by atoms with Gasteiger partial charge in [0, 0.05) is 25.7 Å². The van der Waals surface area contributed by atoms with E-state index in [0.717, 1.165) is 12.8 Å². The van der Waals surface area contributed by atoms with Crippen molar-refractivity contribution in [1.82, 2.24) is 10.2 Å². The van der Waals surface area contributed by atoms with Gasteiger partial charge in [0.2, 0.25) is 0 Å². The number of carbonyl (C=O) groups is 1. The Kier molecular flexibility index (Phi) is 4.82. The first-order valence-electron chi connectivity index (χ1n) is 7.64. The number of sulfone groups is 1. The molecule has 0 atom stereocenters. The Balaban J connectivity index is 1.84. The summed E-state index contributed by atoms with van der Waals surface area (Å²) in [5, 5.41) is 2.97. The Morgan fingerprint density at radius 1 is 1.33 bits per heavy atom. The van der Waals surface area contributed by atoms with E-state index in [9.17, 15) is 13.2 Å². The Labute approximate surface area is 127 Å². The van der Waals surface area contributed by atoms with Gasteiger partial charge in [0.1, 0.15) is 0 Å². The zero-order chi connectivity index (χ0) is 15.7. The van der Waals surface area contributed by atoms with Crippen LogP contribution in [0.5, 0.6) is 0 Å².